The van der Waals surface area contributed by atoms with Crippen LogP contribution in [-0.4, -0.2) is 54.9 Å². The van der Waals surface area contributed by atoms with Crippen LogP contribution in [0.1, 0.15) is 64.2 Å². The molecule has 4 fully saturated rings. The van der Waals surface area contributed by atoms with Gasteiger partial charge in [-0.05, 0) is 44.4 Å². The van der Waals surface area contributed by atoms with E-state index in [1.54, 1.807) is 4.90 Å². The highest BCUT2D eigenvalue weighted by atomic mass is 32.2. The van der Waals surface area contributed by atoms with Gasteiger partial charge in [0.05, 0.1) is 5.25 Å². The van der Waals surface area contributed by atoms with Crippen LogP contribution in [0.2, 0.25) is 0 Å². The van der Waals surface area contributed by atoms with Crippen molar-refractivity contribution in [1.29, 1.82) is 0 Å². The number of nitrogens with zero attached hydrogens (tertiary/aromatic N) is 1. The summed E-state index contributed by atoms with van der Waals surface area (Å²) in [5.74, 6) is -0.778. The highest BCUT2D eigenvalue weighted by Crippen LogP contribution is 2.39. The molecule has 4 unspecified atom stereocenters. The van der Waals surface area contributed by atoms with E-state index in [2.05, 4.69) is 10.0 Å². The number of nitrogens with one attached hydrogen (secondary N) is 2. The fourth-order valence-corrected chi connectivity index (χ4v) is 7.24. The van der Waals surface area contributed by atoms with Crippen LogP contribution in [-0.2, 0) is 24.4 Å². The minimum atomic E-state index is -3.32. The summed E-state index contributed by atoms with van der Waals surface area (Å²) in [7, 11) is -3.32. The van der Waals surface area contributed by atoms with Gasteiger partial charge < -0.3 is 4.90 Å². The Balaban J connectivity index is 1.38. The maximum atomic E-state index is 12.8. The molecule has 0 aromatic carbocycles. The zero-order valence-corrected chi connectivity index (χ0v) is 16.9. The summed E-state index contributed by atoms with van der Waals surface area (Å²) >= 11 is 0. The van der Waals surface area contributed by atoms with Gasteiger partial charge in [-0.2, -0.15) is 0 Å². The molecule has 0 aromatic heterocycles. The number of piperidine rings is 1. The summed E-state index contributed by atoms with van der Waals surface area (Å²) in [6.45, 7) is 0.470. The molecule has 3 amide bonds. The Kier molecular flexibility index (Phi) is 5.48. The van der Waals surface area contributed by atoms with Gasteiger partial charge in [-0.3, -0.25) is 19.7 Å². The van der Waals surface area contributed by atoms with Crippen LogP contribution in [0.4, 0.5) is 0 Å². The summed E-state index contributed by atoms with van der Waals surface area (Å²) < 4.78 is 28.4. The number of sulfonamides is 1. The first-order valence-corrected chi connectivity index (χ1v) is 12.0. The minimum absolute atomic E-state index is 0.0203. The molecule has 0 aromatic rings. The van der Waals surface area contributed by atoms with Crippen molar-refractivity contribution in [3.8, 4) is 0 Å². The smallest absolute Gasteiger partial charge is 0.249 e. The summed E-state index contributed by atoms with van der Waals surface area (Å²) in [4.78, 5) is 38.0. The molecular formula is C19H29N3O5S. The van der Waals surface area contributed by atoms with Crippen LogP contribution in [0, 0.1) is 11.8 Å². The molecule has 28 heavy (non-hydrogen) atoms. The monoisotopic (exact) mass is 411 g/mol. The Bertz CT molecular complexity index is 762. The van der Waals surface area contributed by atoms with E-state index < -0.39 is 22.0 Å². The number of carbonyl (C=O) groups is 3. The number of carbonyl (C=O) groups excluding carboxylic acids is 3. The SMILES string of the molecule is O=C1CCC(N2CC3CC(NS(=O)(=O)C4CCCCC4)CCC3C2=O)C(=O)N1. The zero-order chi connectivity index (χ0) is 19.9. The number of fused-ring (bicyclic) bond motifs is 1. The predicted molar refractivity (Wildman–Crippen MR) is 101 cm³/mol. The summed E-state index contributed by atoms with van der Waals surface area (Å²) in [5.41, 5.74) is 0. The normalized spacial score (nSPS) is 35.0. The molecule has 156 valence electrons. The molecule has 2 saturated heterocycles. The lowest BCUT2D eigenvalue weighted by Crippen LogP contribution is -2.53. The molecule has 2 heterocycles. The Morgan fingerprint density at radius 3 is 2.43 bits per heavy atom. The Labute approximate surface area is 165 Å². The van der Waals surface area contributed by atoms with Crippen LogP contribution in [0.15, 0.2) is 0 Å². The van der Waals surface area contributed by atoms with Gasteiger partial charge in [0.2, 0.25) is 27.7 Å². The second-order valence-corrected chi connectivity index (χ2v) is 10.7. The van der Waals surface area contributed by atoms with Gasteiger partial charge in [-0.15, -0.1) is 0 Å². The lowest BCUT2D eigenvalue weighted by molar-refractivity contribution is -0.144. The quantitative estimate of drug-likeness (QED) is 0.660. The van der Waals surface area contributed by atoms with Crippen molar-refractivity contribution < 1.29 is 22.8 Å². The lowest BCUT2D eigenvalue weighted by atomic mass is 9.79. The molecule has 4 aliphatic rings. The van der Waals surface area contributed by atoms with Gasteiger partial charge in [-0.25, -0.2) is 13.1 Å². The Morgan fingerprint density at radius 2 is 1.71 bits per heavy atom. The van der Waals surface area contributed by atoms with E-state index in [0.29, 0.717) is 32.2 Å². The highest BCUT2D eigenvalue weighted by Gasteiger charge is 2.48. The second kappa shape index (κ2) is 7.74. The van der Waals surface area contributed by atoms with Gasteiger partial charge in [0.15, 0.2) is 0 Å². The number of rotatable bonds is 4. The molecule has 2 aliphatic heterocycles. The van der Waals surface area contributed by atoms with E-state index in [9.17, 15) is 22.8 Å². The zero-order valence-electron chi connectivity index (χ0n) is 16.1. The average Bonchev–Trinajstić information content (AvgIpc) is 2.98. The average molecular weight is 412 g/mol. The third-order valence-electron chi connectivity index (χ3n) is 6.92. The first kappa shape index (κ1) is 19.8. The number of likely N-dealkylation sites (tertiary alicyclic amines) is 1. The summed E-state index contributed by atoms with van der Waals surface area (Å²) in [6.07, 6.45) is 7.06. The molecule has 2 saturated carbocycles. The standard InChI is InChI=1S/C19H29N3O5S/c23-17-9-8-16(18(24)20-17)22-11-12-10-13(6-7-15(12)19(22)25)21-28(26,27)14-4-2-1-3-5-14/h12-16,21H,1-11H2,(H,20,23,24). The van der Waals surface area contributed by atoms with Gasteiger partial charge in [0, 0.05) is 24.9 Å². The van der Waals surface area contributed by atoms with Gasteiger partial charge >= 0.3 is 0 Å². The minimum Gasteiger partial charge on any atom is -0.330 e. The Morgan fingerprint density at radius 1 is 0.964 bits per heavy atom. The molecular weight excluding hydrogens is 382 g/mol. The van der Waals surface area contributed by atoms with Crippen molar-refractivity contribution in [1.82, 2.24) is 14.9 Å². The maximum Gasteiger partial charge on any atom is 0.249 e. The predicted octanol–water partition coefficient (Wildman–Crippen LogP) is 0.671. The van der Waals surface area contributed by atoms with Crippen molar-refractivity contribution in [3.63, 3.8) is 0 Å². The van der Waals surface area contributed by atoms with Crippen LogP contribution in [0.3, 0.4) is 0 Å². The fourth-order valence-electron chi connectivity index (χ4n) is 5.42. The number of imide groups is 1. The molecule has 0 spiro atoms. The summed E-state index contributed by atoms with van der Waals surface area (Å²) in [6, 6.07) is -0.712. The molecule has 8 nitrogen and oxygen atoms in total. The summed E-state index contributed by atoms with van der Waals surface area (Å²) in [5, 5.41) is 2.03. The fraction of sp³-hybridized carbons (Fsp3) is 0.842. The van der Waals surface area contributed by atoms with Crippen LogP contribution in [0.25, 0.3) is 0 Å². The first-order valence-electron chi connectivity index (χ1n) is 10.5. The van der Waals surface area contributed by atoms with E-state index in [0.717, 1.165) is 32.1 Å². The van der Waals surface area contributed by atoms with Crippen molar-refractivity contribution in [2.24, 2.45) is 11.8 Å². The third kappa shape index (κ3) is 3.83. The van der Waals surface area contributed by atoms with Crippen molar-refractivity contribution in [2.45, 2.75) is 81.5 Å². The van der Waals surface area contributed by atoms with Gasteiger partial charge in [-0.1, -0.05) is 19.3 Å². The topological polar surface area (TPSA) is 113 Å². The lowest BCUT2D eigenvalue weighted by Gasteiger charge is -2.32. The second-order valence-electron chi connectivity index (χ2n) is 8.76. The highest BCUT2D eigenvalue weighted by molar-refractivity contribution is 7.90. The van der Waals surface area contributed by atoms with Crippen LogP contribution >= 0.6 is 0 Å². The molecule has 0 bridgehead atoms. The van der Waals surface area contributed by atoms with Gasteiger partial charge in [0.25, 0.3) is 0 Å². The van der Waals surface area contributed by atoms with E-state index in [-0.39, 0.29) is 41.4 Å². The van der Waals surface area contributed by atoms with E-state index >= 15 is 0 Å². The largest absolute Gasteiger partial charge is 0.330 e. The molecule has 4 rings (SSSR count). The Hall–Kier alpha value is -1.48. The maximum absolute atomic E-state index is 12.8. The van der Waals surface area contributed by atoms with E-state index in [4.69, 9.17) is 0 Å². The van der Waals surface area contributed by atoms with E-state index in [1.807, 2.05) is 0 Å². The molecule has 2 N–H and O–H groups in total. The number of hydrogen-bond acceptors (Lipinski definition) is 5. The molecule has 0 radical (unpaired) electrons. The third-order valence-corrected chi connectivity index (χ3v) is 8.93. The molecule has 9 heteroatoms. The van der Waals surface area contributed by atoms with E-state index in [1.165, 1.54) is 0 Å². The van der Waals surface area contributed by atoms with Crippen molar-refractivity contribution in [2.75, 3.05) is 6.54 Å². The van der Waals surface area contributed by atoms with Crippen molar-refractivity contribution >= 4 is 27.7 Å². The first-order chi connectivity index (χ1) is 13.3. The number of amides is 3. The number of hydrogen-bond donors (Lipinski definition) is 2. The molecule has 2 aliphatic carbocycles. The van der Waals surface area contributed by atoms with Crippen molar-refractivity contribution in [3.05, 3.63) is 0 Å². The van der Waals surface area contributed by atoms with Crippen LogP contribution < -0.4 is 10.0 Å². The van der Waals surface area contributed by atoms with Gasteiger partial charge in [0.1, 0.15) is 6.04 Å². The molecule has 4 atom stereocenters. The van der Waals surface area contributed by atoms with Crippen LogP contribution in [0.5, 0.6) is 0 Å².